The van der Waals surface area contributed by atoms with Gasteiger partial charge in [0.1, 0.15) is 0 Å². The van der Waals surface area contributed by atoms with Crippen molar-refractivity contribution in [3.8, 4) is 0 Å². The second kappa shape index (κ2) is 7.36. The van der Waals surface area contributed by atoms with E-state index in [1.54, 1.807) is 6.92 Å². The fraction of sp³-hybridized carbons (Fsp3) is 0.667. The van der Waals surface area contributed by atoms with E-state index in [4.69, 9.17) is 14.6 Å². The van der Waals surface area contributed by atoms with E-state index in [0.29, 0.717) is 6.61 Å². The Morgan fingerprint density at radius 3 is 2.53 bits per heavy atom. The Kier molecular flexibility index (Phi) is 6.89. The topological polar surface area (TPSA) is 85.2 Å². The lowest BCUT2D eigenvalue weighted by molar-refractivity contribution is -0.290. The van der Waals surface area contributed by atoms with Crippen LogP contribution in [0.1, 0.15) is 13.8 Å². The lowest BCUT2D eigenvalue weighted by atomic mass is 10.5. The van der Waals surface area contributed by atoms with Crippen molar-refractivity contribution in [3.63, 3.8) is 0 Å². The summed E-state index contributed by atoms with van der Waals surface area (Å²) in [6.07, 6.45) is -3.27. The molecule has 0 rings (SSSR count). The molecule has 3 unspecified atom stereocenters. The summed E-state index contributed by atoms with van der Waals surface area (Å²) in [6, 6.07) is 0. The van der Waals surface area contributed by atoms with Gasteiger partial charge in [0.2, 0.25) is 6.29 Å². The third-order valence-corrected chi connectivity index (χ3v) is 1.38. The summed E-state index contributed by atoms with van der Waals surface area (Å²) in [5, 5.41) is 18.3. The van der Waals surface area contributed by atoms with Crippen LogP contribution < -0.4 is 0 Å². The molecule has 0 amide bonds. The molecule has 0 aromatic carbocycles. The largest absolute Gasteiger partial charge is 0.427 e. The number of aliphatic hydroxyl groups is 2. The van der Waals surface area contributed by atoms with Gasteiger partial charge < -0.3 is 24.4 Å². The fourth-order valence-corrected chi connectivity index (χ4v) is 0.763. The minimum absolute atomic E-state index is 0.399. The maximum Gasteiger partial charge on any atom is 0.332 e. The maximum atomic E-state index is 10.6. The summed E-state index contributed by atoms with van der Waals surface area (Å²) in [6.45, 7) is 6.82. The Morgan fingerprint density at radius 1 is 1.47 bits per heavy atom. The molecule has 0 fully saturated rings. The highest BCUT2D eigenvalue weighted by Gasteiger charge is 2.22. The number of carbonyl (C=O) groups is 1. The number of carbonyl (C=O) groups excluding carboxylic acids is 1. The standard InChI is InChI=1S/C9H16O6/c1-4-7(10)15-9(12)8(11)14-6(3)13-5-2/h4,6,8-9,11-12H,1,5H2,2-3H3. The first-order valence-corrected chi connectivity index (χ1v) is 4.47. The van der Waals surface area contributed by atoms with Crippen LogP contribution >= 0.6 is 0 Å². The van der Waals surface area contributed by atoms with Gasteiger partial charge in [0.05, 0.1) is 0 Å². The fourth-order valence-electron chi connectivity index (χ4n) is 0.763. The van der Waals surface area contributed by atoms with E-state index in [2.05, 4.69) is 11.3 Å². The lowest BCUT2D eigenvalue weighted by Gasteiger charge is -2.21. The van der Waals surface area contributed by atoms with Gasteiger partial charge in [-0.1, -0.05) is 6.58 Å². The van der Waals surface area contributed by atoms with Crippen LogP contribution in [0.2, 0.25) is 0 Å². The molecular formula is C9H16O6. The van der Waals surface area contributed by atoms with Gasteiger partial charge in [-0.2, -0.15) is 0 Å². The van der Waals surface area contributed by atoms with E-state index >= 15 is 0 Å². The van der Waals surface area contributed by atoms with Gasteiger partial charge in [0.15, 0.2) is 6.29 Å². The van der Waals surface area contributed by atoms with Gasteiger partial charge in [0, 0.05) is 12.7 Å². The molecule has 0 saturated heterocycles. The second-order valence-electron chi connectivity index (χ2n) is 2.58. The van der Waals surface area contributed by atoms with Crippen LogP contribution in [-0.4, -0.2) is 41.7 Å². The van der Waals surface area contributed by atoms with Crippen molar-refractivity contribution in [2.45, 2.75) is 32.7 Å². The third-order valence-electron chi connectivity index (χ3n) is 1.38. The molecule has 0 bridgehead atoms. The van der Waals surface area contributed by atoms with Crippen molar-refractivity contribution < 1.29 is 29.2 Å². The average Bonchev–Trinajstić information content (AvgIpc) is 2.17. The molecule has 0 radical (unpaired) electrons. The molecule has 0 aliphatic rings. The van der Waals surface area contributed by atoms with Gasteiger partial charge in [-0.05, 0) is 13.8 Å². The first-order valence-electron chi connectivity index (χ1n) is 4.47. The van der Waals surface area contributed by atoms with Crippen LogP contribution in [0.5, 0.6) is 0 Å². The number of hydrogen-bond donors (Lipinski definition) is 2. The van der Waals surface area contributed by atoms with Crippen molar-refractivity contribution in [2.24, 2.45) is 0 Å². The smallest absolute Gasteiger partial charge is 0.332 e. The van der Waals surface area contributed by atoms with Crippen molar-refractivity contribution in [3.05, 3.63) is 12.7 Å². The van der Waals surface area contributed by atoms with E-state index in [9.17, 15) is 9.90 Å². The summed E-state index contributed by atoms with van der Waals surface area (Å²) < 4.78 is 14.0. The highest BCUT2D eigenvalue weighted by molar-refractivity contribution is 5.81. The maximum absolute atomic E-state index is 10.6. The van der Waals surface area contributed by atoms with E-state index < -0.39 is 24.8 Å². The van der Waals surface area contributed by atoms with Gasteiger partial charge in [-0.15, -0.1) is 0 Å². The van der Waals surface area contributed by atoms with Crippen LogP contribution in [0.3, 0.4) is 0 Å². The molecule has 0 aliphatic heterocycles. The Labute approximate surface area is 88.1 Å². The summed E-state index contributed by atoms with van der Waals surface area (Å²) in [5.41, 5.74) is 0. The molecule has 88 valence electrons. The quantitative estimate of drug-likeness (QED) is 0.349. The first-order chi connectivity index (χ1) is 7.01. The van der Waals surface area contributed by atoms with Crippen molar-refractivity contribution >= 4 is 5.97 Å². The molecule has 15 heavy (non-hydrogen) atoms. The SMILES string of the molecule is C=CC(=O)OC(O)C(O)OC(C)OCC. The number of aliphatic hydroxyl groups excluding tert-OH is 2. The molecule has 0 aliphatic carbocycles. The Hall–Kier alpha value is -0.950. The average molecular weight is 220 g/mol. The molecule has 6 nitrogen and oxygen atoms in total. The predicted molar refractivity (Wildman–Crippen MR) is 50.5 cm³/mol. The second-order valence-corrected chi connectivity index (χ2v) is 2.58. The van der Waals surface area contributed by atoms with Gasteiger partial charge in [-0.25, -0.2) is 4.79 Å². The molecule has 0 saturated carbocycles. The molecule has 2 N–H and O–H groups in total. The van der Waals surface area contributed by atoms with Gasteiger partial charge >= 0.3 is 5.97 Å². The van der Waals surface area contributed by atoms with Crippen molar-refractivity contribution in [1.82, 2.24) is 0 Å². The Bertz CT molecular complexity index is 205. The summed E-state index contributed by atoms with van der Waals surface area (Å²) in [5.74, 6) is -0.853. The minimum Gasteiger partial charge on any atom is -0.427 e. The minimum atomic E-state index is -1.77. The molecule has 6 heteroatoms. The third kappa shape index (κ3) is 6.19. The highest BCUT2D eigenvalue weighted by Crippen LogP contribution is 2.04. The Balaban J connectivity index is 3.92. The van der Waals surface area contributed by atoms with Crippen LogP contribution in [-0.2, 0) is 19.0 Å². The molecular weight excluding hydrogens is 204 g/mol. The zero-order valence-electron chi connectivity index (χ0n) is 8.75. The zero-order chi connectivity index (χ0) is 11.8. The molecule has 0 aromatic heterocycles. The first kappa shape index (κ1) is 14.1. The van der Waals surface area contributed by atoms with E-state index in [1.807, 2.05) is 0 Å². The highest BCUT2D eigenvalue weighted by atomic mass is 16.8. The number of ether oxygens (including phenoxy) is 3. The van der Waals surface area contributed by atoms with Gasteiger partial charge in [0.25, 0.3) is 6.29 Å². The summed E-state index contributed by atoms with van der Waals surface area (Å²) in [4.78, 5) is 10.6. The van der Waals surface area contributed by atoms with Crippen molar-refractivity contribution in [2.75, 3.05) is 6.61 Å². The van der Waals surface area contributed by atoms with Crippen LogP contribution in [0.4, 0.5) is 0 Å². The lowest BCUT2D eigenvalue weighted by Crippen LogP contribution is -2.35. The summed E-state index contributed by atoms with van der Waals surface area (Å²) >= 11 is 0. The van der Waals surface area contributed by atoms with Crippen molar-refractivity contribution in [1.29, 1.82) is 0 Å². The summed E-state index contributed by atoms with van der Waals surface area (Å²) in [7, 11) is 0. The van der Waals surface area contributed by atoms with Crippen LogP contribution in [0, 0.1) is 0 Å². The number of esters is 1. The molecule has 0 heterocycles. The molecule has 0 spiro atoms. The molecule has 0 aromatic rings. The van der Waals surface area contributed by atoms with E-state index in [-0.39, 0.29) is 0 Å². The molecule has 3 atom stereocenters. The van der Waals surface area contributed by atoms with Crippen LogP contribution in [0.25, 0.3) is 0 Å². The van der Waals surface area contributed by atoms with Gasteiger partial charge in [-0.3, -0.25) is 0 Å². The van der Waals surface area contributed by atoms with E-state index in [0.717, 1.165) is 6.08 Å². The van der Waals surface area contributed by atoms with Crippen LogP contribution in [0.15, 0.2) is 12.7 Å². The monoisotopic (exact) mass is 220 g/mol. The predicted octanol–water partition coefficient (Wildman–Crippen LogP) is -0.249. The zero-order valence-corrected chi connectivity index (χ0v) is 8.75. The number of rotatable bonds is 7. The number of hydrogen-bond acceptors (Lipinski definition) is 6. The normalized spacial score (nSPS) is 16.5. The van der Waals surface area contributed by atoms with E-state index in [1.165, 1.54) is 6.92 Å². The Morgan fingerprint density at radius 2 is 2.07 bits per heavy atom.